The smallest absolute Gasteiger partial charge is 0.336 e. The number of ether oxygens (including phenoxy) is 3. The maximum Gasteiger partial charge on any atom is 0.336 e. The van der Waals surface area contributed by atoms with Gasteiger partial charge in [-0.3, -0.25) is 4.79 Å². The van der Waals surface area contributed by atoms with E-state index in [9.17, 15) is 9.59 Å². The second-order valence-electron chi connectivity index (χ2n) is 8.23. The Morgan fingerprint density at radius 1 is 1.21 bits per heavy atom. The van der Waals surface area contributed by atoms with Crippen LogP contribution in [0.3, 0.4) is 0 Å². The first-order valence-corrected chi connectivity index (χ1v) is 9.86. The number of dihydropyridines is 1. The van der Waals surface area contributed by atoms with Gasteiger partial charge in [0.15, 0.2) is 17.3 Å². The molecule has 0 amide bonds. The van der Waals surface area contributed by atoms with E-state index < -0.39 is 11.9 Å². The zero-order valence-electron chi connectivity index (χ0n) is 18.0. The molecule has 0 saturated heterocycles. The van der Waals surface area contributed by atoms with Gasteiger partial charge >= 0.3 is 5.97 Å². The second kappa shape index (κ2) is 7.93. The number of Topliss-reactive ketones (excluding diaryl/α,β-unsaturated/α-hetero) is 1. The van der Waals surface area contributed by atoms with Gasteiger partial charge in [0.1, 0.15) is 0 Å². The molecule has 0 unspecified atom stereocenters. The number of hydrogen-bond donors (Lipinski definition) is 1. The monoisotopic (exact) mass is 399 g/mol. The molecule has 1 N–H and O–H groups in total. The van der Waals surface area contributed by atoms with Crippen LogP contribution in [-0.2, 0) is 14.3 Å². The Hall–Kier alpha value is -2.76. The number of para-hydroxylation sites is 1. The molecule has 1 aliphatic heterocycles. The summed E-state index contributed by atoms with van der Waals surface area (Å²) in [4.78, 5) is 26.2. The quantitative estimate of drug-likeness (QED) is 0.758. The molecule has 6 heteroatoms. The number of benzene rings is 1. The number of hydrogen-bond acceptors (Lipinski definition) is 6. The number of methoxy groups -OCH3 is 2. The van der Waals surface area contributed by atoms with Crippen LogP contribution in [0.1, 0.15) is 52.0 Å². The van der Waals surface area contributed by atoms with Gasteiger partial charge in [0.2, 0.25) is 0 Å². The standard InChI is InChI=1S/C23H29NO5/c1-7-29-22(26)18-13(2)24-15-11-23(3,4)12-16(25)20(15)19(18)14-9-8-10-17(27-5)21(14)28-6/h8-10,19,24H,7,11-12H2,1-6H3/t19-/m1/s1. The van der Waals surface area contributed by atoms with E-state index in [0.717, 1.165) is 17.7 Å². The topological polar surface area (TPSA) is 73.9 Å². The van der Waals surface area contributed by atoms with Crippen molar-refractivity contribution < 1.29 is 23.8 Å². The Morgan fingerprint density at radius 3 is 2.55 bits per heavy atom. The molecule has 0 aromatic heterocycles. The molecule has 0 saturated carbocycles. The number of esters is 1. The molecule has 1 aromatic rings. The van der Waals surface area contributed by atoms with Gasteiger partial charge in [0.25, 0.3) is 0 Å². The normalized spacial score (nSPS) is 20.8. The lowest BCUT2D eigenvalue weighted by molar-refractivity contribution is -0.138. The van der Waals surface area contributed by atoms with Crippen LogP contribution in [0.5, 0.6) is 11.5 Å². The van der Waals surface area contributed by atoms with Crippen molar-refractivity contribution in [1.29, 1.82) is 0 Å². The number of ketones is 1. The fourth-order valence-electron chi connectivity index (χ4n) is 4.37. The molecular weight excluding hydrogens is 370 g/mol. The minimum atomic E-state index is -0.570. The van der Waals surface area contributed by atoms with E-state index in [2.05, 4.69) is 19.2 Å². The predicted molar refractivity (Wildman–Crippen MR) is 110 cm³/mol. The molecule has 1 heterocycles. The minimum Gasteiger partial charge on any atom is -0.493 e. The highest BCUT2D eigenvalue weighted by atomic mass is 16.5. The number of allylic oxidation sites excluding steroid dienone is 3. The van der Waals surface area contributed by atoms with Gasteiger partial charge < -0.3 is 19.5 Å². The van der Waals surface area contributed by atoms with Gasteiger partial charge in [-0.2, -0.15) is 0 Å². The SMILES string of the molecule is CCOC(=O)C1=C(C)NC2=C(C(=O)CC(C)(C)C2)[C@@H]1c1cccc(OC)c1OC. The van der Waals surface area contributed by atoms with Crippen LogP contribution in [0, 0.1) is 5.41 Å². The molecule has 1 atom stereocenters. The Kier molecular flexibility index (Phi) is 5.73. The summed E-state index contributed by atoms with van der Waals surface area (Å²) in [6.45, 7) is 8.03. The molecular formula is C23H29NO5. The van der Waals surface area contributed by atoms with Gasteiger partial charge in [-0.25, -0.2) is 4.79 Å². The predicted octanol–water partition coefficient (Wildman–Crippen LogP) is 3.87. The molecule has 29 heavy (non-hydrogen) atoms. The van der Waals surface area contributed by atoms with Crippen LogP contribution in [0.2, 0.25) is 0 Å². The van der Waals surface area contributed by atoms with Gasteiger partial charge in [0.05, 0.1) is 32.3 Å². The Labute approximate surface area is 171 Å². The van der Waals surface area contributed by atoms with E-state index in [-0.39, 0.29) is 17.8 Å². The van der Waals surface area contributed by atoms with E-state index in [0.29, 0.717) is 34.8 Å². The number of rotatable bonds is 5. The van der Waals surface area contributed by atoms with Crippen molar-refractivity contribution in [3.8, 4) is 11.5 Å². The van der Waals surface area contributed by atoms with Gasteiger partial charge in [-0.05, 0) is 31.7 Å². The molecule has 0 spiro atoms. The van der Waals surface area contributed by atoms with E-state index in [4.69, 9.17) is 14.2 Å². The van der Waals surface area contributed by atoms with Crippen molar-refractivity contribution in [2.45, 2.75) is 46.5 Å². The van der Waals surface area contributed by atoms with Gasteiger partial charge in [0, 0.05) is 29.0 Å². The Balaban J connectivity index is 2.27. The highest BCUT2D eigenvalue weighted by Crippen LogP contribution is 2.50. The van der Waals surface area contributed by atoms with Gasteiger partial charge in [-0.1, -0.05) is 26.0 Å². The first kappa shape index (κ1) is 21.0. The van der Waals surface area contributed by atoms with E-state index in [1.165, 1.54) is 0 Å². The number of nitrogens with one attached hydrogen (secondary N) is 1. The average Bonchev–Trinajstić information content (AvgIpc) is 2.65. The second-order valence-corrected chi connectivity index (χ2v) is 8.23. The number of carbonyl (C=O) groups is 2. The summed E-state index contributed by atoms with van der Waals surface area (Å²) in [5, 5.41) is 3.33. The van der Waals surface area contributed by atoms with Crippen molar-refractivity contribution in [3.05, 3.63) is 46.3 Å². The highest BCUT2D eigenvalue weighted by molar-refractivity contribution is 6.04. The molecule has 0 bridgehead atoms. The summed E-state index contributed by atoms with van der Waals surface area (Å²) < 4.78 is 16.5. The summed E-state index contributed by atoms with van der Waals surface area (Å²) in [7, 11) is 3.13. The zero-order valence-corrected chi connectivity index (χ0v) is 18.0. The fourth-order valence-corrected chi connectivity index (χ4v) is 4.37. The Morgan fingerprint density at radius 2 is 1.93 bits per heavy atom. The zero-order chi connectivity index (χ0) is 21.3. The van der Waals surface area contributed by atoms with Gasteiger partial charge in [-0.15, -0.1) is 0 Å². The summed E-state index contributed by atoms with van der Waals surface area (Å²) >= 11 is 0. The first-order chi connectivity index (χ1) is 13.7. The lowest BCUT2D eigenvalue weighted by Gasteiger charge is -2.39. The summed E-state index contributed by atoms with van der Waals surface area (Å²) in [6.07, 6.45) is 1.15. The Bertz CT molecular complexity index is 910. The molecule has 1 aromatic carbocycles. The van der Waals surface area contributed by atoms with Crippen molar-refractivity contribution >= 4 is 11.8 Å². The number of carbonyl (C=O) groups excluding carboxylic acids is 2. The average molecular weight is 399 g/mol. The van der Waals surface area contributed by atoms with Crippen molar-refractivity contribution in [2.24, 2.45) is 5.41 Å². The molecule has 0 fully saturated rings. The summed E-state index contributed by atoms with van der Waals surface area (Å²) in [5.74, 6) is 0.0968. The molecule has 0 radical (unpaired) electrons. The van der Waals surface area contributed by atoms with E-state index in [1.807, 2.05) is 19.1 Å². The van der Waals surface area contributed by atoms with Crippen molar-refractivity contribution in [3.63, 3.8) is 0 Å². The van der Waals surface area contributed by atoms with Crippen LogP contribution in [0.25, 0.3) is 0 Å². The van der Waals surface area contributed by atoms with Crippen LogP contribution >= 0.6 is 0 Å². The maximum absolute atomic E-state index is 13.3. The highest BCUT2D eigenvalue weighted by Gasteiger charge is 2.44. The molecule has 3 rings (SSSR count). The largest absolute Gasteiger partial charge is 0.493 e. The summed E-state index contributed by atoms with van der Waals surface area (Å²) in [6, 6.07) is 5.51. The maximum atomic E-state index is 13.3. The lowest BCUT2D eigenvalue weighted by Crippen LogP contribution is -2.38. The van der Waals surface area contributed by atoms with Crippen LogP contribution in [-0.4, -0.2) is 32.6 Å². The van der Waals surface area contributed by atoms with Crippen LogP contribution < -0.4 is 14.8 Å². The fraction of sp³-hybridized carbons (Fsp3) is 0.478. The molecule has 6 nitrogen and oxygen atoms in total. The molecule has 156 valence electrons. The summed E-state index contributed by atoms with van der Waals surface area (Å²) in [5.41, 5.74) is 3.19. The third-order valence-electron chi connectivity index (χ3n) is 5.48. The van der Waals surface area contributed by atoms with Crippen LogP contribution in [0.15, 0.2) is 40.7 Å². The molecule has 1 aliphatic carbocycles. The minimum absolute atomic E-state index is 0.0351. The van der Waals surface area contributed by atoms with E-state index in [1.54, 1.807) is 27.2 Å². The molecule has 2 aliphatic rings. The van der Waals surface area contributed by atoms with Crippen molar-refractivity contribution in [2.75, 3.05) is 20.8 Å². The first-order valence-electron chi connectivity index (χ1n) is 9.86. The van der Waals surface area contributed by atoms with E-state index >= 15 is 0 Å². The third kappa shape index (κ3) is 3.76. The van der Waals surface area contributed by atoms with Crippen molar-refractivity contribution in [1.82, 2.24) is 5.32 Å². The van der Waals surface area contributed by atoms with Crippen LogP contribution in [0.4, 0.5) is 0 Å². The third-order valence-corrected chi connectivity index (χ3v) is 5.48. The lowest BCUT2D eigenvalue weighted by atomic mass is 9.68.